The summed E-state index contributed by atoms with van der Waals surface area (Å²) in [6.07, 6.45) is 0. The van der Waals surface area contributed by atoms with Gasteiger partial charge in [0.25, 0.3) is 0 Å². The van der Waals surface area contributed by atoms with Gasteiger partial charge < -0.3 is 0 Å². The summed E-state index contributed by atoms with van der Waals surface area (Å²) < 4.78 is 12.6. The van der Waals surface area contributed by atoms with Crippen molar-refractivity contribution in [2.45, 2.75) is 6.92 Å². The largest absolute Gasteiger partial charge is 0.294 e. The topological polar surface area (TPSA) is 17.1 Å². The number of rotatable bonds is 1. The molecule has 64 valence electrons. The van der Waals surface area contributed by atoms with Crippen molar-refractivity contribution >= 4 is 29.0 Å². The van der Waals surface area contributed by atoms with Crippen LogP contribution in [-0.2, 0) is 0 Å². The van der Waals surface area contributed by atoms with Crippen molar-refractivity contribution < 1.29 is 9.18 Å². The molecule has 0 radical (unpaired) electrons. The minimum atomic E-state index is -0.546. The fraction of sp³-hybridized carbons (Fsp3) is 0.125. The van der Waals surface area contributed by atoms with E-state index < -0.39 is 5.82 Å². The van der Waals surface area contributed by atoms with Crippen molar-refractivity contribution in [3.8, 4) is 0 Å². The minimum Gasteiger partial charge on any atom is -0.294 e. The third kappa shape index (κ3) is 1.76. The highest BCUT2D eigenvalue weighted by atomic mass is 35.5. The van der Waals surface area contributed by atoms with E-state index in [-0.39, 0.29) is 21.4 Å². The van der Waals surface area contributed by atoms with Gasteiger partial charge in [-0.3, -0.25) is 4.79 Å². The molecule has 1 aromatic carbocycles. The number of hydrogen-bond donors (Lipinski definition) is 0. The van der Waals surface area contributed by atoms with Crippen LogP contribution in [0.15, 0.2) is 12.1 Å². The smallest absolute Gasteiger partial charge is 0.162 e. The summed E-state index contributed by atoms with van der Waals surface area (Å²) in [6, 6.07) is 2.12. The zero-order valence-corrected chi connectivity index (χ0v) is 7.71. The van der Waals surface area contributed by atoms with Gasteiger partial charge >= 0.3 is 0 Å². The SMILES string of the molecule is CC(=O)c1c(Cl)cc(F)cc1Cl. The summed E-state index contributed by atoms with van der Waals surface area (Å²) >= 11 is 11.2. The second-order valence-electron chi connectivity index (χ2n) is 2.30. The number of Topliss-reactive ketones (excluding diaryl/α,β-unsaturated/α-hetero) is 1. The van der Waals surface area contributed by atoms with Crippen LogP contribution in [0.3, 0.4) is 0 Å². The number of carbonyl (C=O) groups excluding carboxylic acids is 1. The molecule has 0 aliphatic carbocycles. The fourth-order valence-corrected chi connectivity index (χ4v) is 1.61. The van der Waals surface area contributed by atoms with Crippen LogP contribution in [-0.4, -0.2) is 5.78 Å². The molecular formula is C8H5Cl2FO. The Labute approximate surface area is 79.1 Å². The molecule has 1 rings (SSSR count). The highest BCUT2D eigenvalue weighted by Crippen LogP contribution is 2.26. The Morgan fingerprint density at radius 1 is 1.33 bits per heavy atom. The molecule has 0 aliphatic rings. The van der Waals surface area contributed by atoms with E-state index in [9.17, 15) is 9.18 Å². The molecule has 0 saturated heterocycles. The summed E-state index contributed by atoms with van der Waals surface area (Å²) in [4.78, 5) is 10.9. The molecule has 4 heteroatoms. The Balaban J connectivity index is 3.38. The third-order valence-electron chi connectivity index (χ3n) is 1.36. The summed E-state index contributed by atoms with van der Waals surface area (Å²) in [7, 11) is 0. The van der Waals surface area contributed by atoms with Gasteiger partial charge in [-0.25, -0.2) is 4.39 Å². The van der Waals surface area contributed by atoms with E-state index in [0.717, 1.165) is 12.1 Å². The van der Waals surface area contributed by atoms with Crippen LogP contribution in [0.4, 0.5) is 4.39 Å². The first kappa shape index (κ1) is 9.49. The normalized spacial score (nSPS) is 10.0. The summed E-state index contributed by atoms with van der Waals surface area (Å²) in [5.41, 5.74) is 0.166. The standard InChI is InChI=1S/C8H5Cl2FO/c1-4(12)8-6(9)2-5(11)3-7(8)10/h2-3H,1H3. The molecule has 0 spiro atoms. The Bertz CT molecular complexity index is 313. The molecule has 0 aliphatic heterocycles. The zero-order valence-electron chi connectivity index (χ0n) is 6.20. The number of halogens is 3. The van der Waals surface area contributed by atoms with Gasteiger partial charge in [0.1, 0.15) is 5.82 Å². The minimum absolute atomic E-state index is 0.0486. The molecule has 0 amide bonds. The lowest BCUT2D eigenvalue weighted by atomic mass is 10.1. The first-order valence-corrected chi connectivity index (χ1v) is 3.93. The third-order valence-corrected chi connectivity index (χ3v) is 1.96. The van der Waals surface area contributed by atoms with Crippen molar-refractivity contribution in [1.82, 2.24) is 0 Å². The predicted octanol–water partition coefficient (Wildman–Crippen LogP) is 3.34. The second-order valence-corrected chi connectivity index (χ2v) is 3.12. The van der Waals surface area contributed by atoms with E-state index in [4.69, 9.17) is 23.2 Å². The van der Waals surface area contributed by atoms with E-state index in [1.807, 2.05) is 0 Å². The van der Waals surface area contributed by atoms with Crippen LogP contribution in [0, 0.1) is 5.82 Å². The molecule has 0 unspecified atom stereocenters. The van der Waals surface area contributed by atoms with Crippen LogP contribution in [0.5, 0.6) is 0 Å². The maximum absolute atomic E-state index is 12.6. The van der Waals surface area contributed by atoms with E-state index in [1.165, 1.54) is 6.92 Å². The number of carbonyl (C=O) groups is 1. The fourth-order valence-electron chi connectivity index (χ4n) is 0.879. The molecule has 1 nitrogen and oxygen atoms in total. The molecule has 0 saturated carbocycles. The second kappa shape index (κ2) is 3.42. The van der Waals surface area contributed by atoms with Crippen LogP contribution in [0.1, 0.15) is 17.3 Å². The van der Waals surface area contributed by atoms with E-state index in [0.29, 0.717) is 0 Å². The Kier molecular flexibility index (Phi) is 2.70. The first-order chi connectivity index (χ1) is 5.52. The van der Waals surface area contributed by atoms with Crippen molar-refractivity contribution in [3.05, 3.63) is 33.6 Å². The van der Waals surface area contributed by atoms with Gasteiger partial charge in [0.2, 0.25) is 0 Å². The quantitative estimate of drug-likeness (QED) is 0.645. The maximum Gasteiger partial charge on any atom is 0.162 e. The highest BCUT2D eigenvalue weighted by Gasteiger charge is 2.11. The number of ketones is 1. The van der Waals surface area contributed by atoms with E-state index in [1.54, 1.807) is 0 Å². The van der Waals surface area contributed by atoms with Crippen LogP contribution >= 0.6 is 23.2 Å². The molecule has 0 aromatic heterocycles. The molecule has 0 bridgehead atoms. The monoisotopic (exact) mass is 206 g/mol. The Morgan fingerprint density at radius 2 is 1.75 bits per heavy atom. The maximum atomic E-state index is 12.6. The average molecular weight is 207 g/mol. The molecule has 0 heterocycles. The van der Waals surface area contributed by atoms with E-state index in [2.05, 4.69) is 0 Å². The summed E-state index contributed by atoms with van der Waals surface area (Å²) in [6.45, 7) is 1.32. The van der Waals surface area contributed by atoms with Crippen molar-refractivity contribution in [1.29, 1.82) is 0 Å². The van der Waals surface area contributed by atoms with Gasteiger partial charge in [-0.15, -0.1) is 0 Å². The Hall–Kier alpha value is -0.600. The van der Waals surface area contributed by atoms with Gasteiger partial charge in [0.05, 0.1) is 15.6 Å². The van der Waals surface area contributed by atoms with Gasteiger partial charge in [-0.2, -0.15) is 0 Å². The van der Waals surface area contributed by atoms with Gasteiger partial charge in [0, 0.05) is 0 Å². The van der Waals surface area contributed by atoms with Gasteiger partial charge in [0.15, 0.2) is 5.78 Å². The molecule has 0 atom stereocenters. The lowest BCUT2D eigenvalue weighted by Crippen LogP contribution is -1.95. The Morgan fingerprint density at radius 3 is 2.08 bits per heavy atom. The number of hydrogen-bond acceptors (Lipinski definition) is 1. The van der Waals surface area contributed by atoms with Gasteiger partial charge in [-0.1, -0.05) is 23.2 Å². The summed E-state index contributed by atoms with van der Waals surface area (Å²) in [5.74, 6) is -0.819. The molecular weight excluding hydrogens is 202 g/mol. The van der Waals surface area contributed by atoms with Gasteiger partial charge in [-0.05, 0) is 19.1 Å². The van der Waals surface area contributed by atoms with Crippen molar-refractivity contribution in [2.75, 3.05) is 0 Å². The van der Waals surface area contributed by atoms with Crippen LogP contribution in [0.2, 0.25) is 10.0 Å². The molecule has 0 N–H and O–H groups in total. The number of benzene rings is 1. The molecule has 12 heavy (non-hydrogen) atoms. The van der Waals surface area contributed by atoms with Crippen LogP contribution in [0.25, 0.3) is 0 Å². The highest BCUT2D eigenvalue weighted by molar-refractivity contribution is 6.39. The summed E-state index contributed by atoms with van der Waals surface area (Å²) in [5, 5.41) is 0.0972. The van der Waals surface area contributed by atoms with Crippen LogP contribution < -0.4 is 0 Å². The molecule has 1 aromatic rings. The van der Waals surface area contributed by atoms with E-state index >= 15 is 0 Å². The lowest BCUT2D eigenvalue weighted by molar-refractivity contribution is 0.101. The average Bonchev–Trinajstić information content (AvgIpc) is 1.82. The molecule has 0 fully saturated rings. The lowest BCUT2D eigenvalue weighted by Gasteiger charge is -2.01. The zero-order chi connectivity index (χ0) is 9.30. The first-order valence-electron chi connectivity index (χ1n) is 3.18. The van der Waals surface area contributed by atoms with Crippen molar-refractivity contribution in [2.24, 2.45) is 0 Å². The van der Waals surface area contributed by atoms with Crippen molar-refractivity contribution in [3.63, 3.8) is 0 Å². The predicted molar refractivity (Wildman–Crippen MR) is 46.4 cm³/mol.